The molecule has 1 amide bonds. The van der Waals surface area contributed by atoms with Gasteiger partial charge in [0, 0.05) is 17.7 Å². The molecule has 0 fully saturated rings. The van der Waals surface area contributed by atoms with Crippen molar-refractivity contribution in [2.45, 2.75) is 0 Å². The van der Waals surface area contributed by atoms with Gasteiger partial charge in [-0.3, -0.25) is 20.3 Å². The van der Waals surface area contributed by atoms with E-state index in [-0.39, 0.29) is 22.2 Å². The molecule has 1 heterocycles. The van der Waals surface area contributed by atoms with Crippen molar-refractivity contribution in [1.29, 1.82) is 0 Å². The topological polar surface area (TPSA) is 126 Å². The molecule has 12 heteroatoms. The zero-order valence-electron chi connectivity index (χ0n) is 13.8. The third kappa shape index (κ3) is 3.93. The minimum absolute atomic E-state index is 0.0762. The SMILES string of the molecule is NC(=S)N1N=C(c2ccc([N+](=O)[O-])cc2)/C(=N\Nc2ccc(Cl)c(Cl)c2)C1=O. The van der Waals surface area contributed by atoms with Crippen LogP contribution < -0.4 is 11.2 Å². The van der Waals surface area contributed by atoms with Crippen LogP contribution in [0.4, 0.5) is 11.4 Å². The predicted octanol–water partition coefficient (Wildman–Crippen LogP) is 3.16. The maximum atomic E-state index is 12.6. The van der Waals surface area contributed by atoms with Gasteiger partial charge >= 0.3 is 5.91 Å². The molecule has 0 unspecified atom stereocenters. The van der Waals surface area contributed by atoms with Gasteiger partial charge in [-0.05, 0) is 42.5 Å². The van der Waals surface area contributed by atoms with Crippen LogP contribution in [0.15, 0.2) is 52.7 Å². The number of nitrogens with zero attached hydrogens (tertiary/aromatic N) is 4. The van der Waals surface area contributed by atoms with Gasteiger partial charge in [-0.2, -0.15) is 15.2 Å². The summed E-state index contributed by atoms with van der Waals surface area (Å²) in [5.74, 6) is -0.645. The Kier molecular flexibility index (Phi) is 5.54. The quantitative estimate of drug-likeness (QED) is 0.430. The molecule has 0 aliphatic carbocycles. The van der Waals surface area contributed by atoms with Gasteiger partial charge in [-0.1, -0.05) is 23.2 Å². The molecule has 3 N–H and O–H groups in total. The van der Waals surface area contributed by atoms with Crippen LogP contribution in [0.1, 0.15) is 5.56 Å². The van der Waals surface area contributed by atoms with Crippen molar-refractivity contribution in [2.24, 2.45) is 15.9 Å². The lowest BCUT2D eigenvalue weighted by molar-refractivity contribution is -0.384. The molecule has 0 saturated heterocycles. The summed E-state index contributed by atoms with van der Waals surface area (Å²) >= 11 is 16.7. The van der Waals surface area contributed by atoms with E-state index in [1.807, 2.05) is 0 Å². The van der Waals surface area contributed by atoms with Crippen LogP contribution in [-0.4, -0.2) is 32.4 Å². The molecule has 142 valence electrons. The Morgan fingerprint density at radius 3 is 2.46 bits per heavy atom. The van der Waals surface area contributed by atoms with E-state index in [1.165, 1.54) is 30.3 Å². The Hall–Kier alpha value is -3.08. The fraction of sp³-hybridized carbons (Fsp3) is 0. The number of halogens is 2. The number of carbonyl (C=O) groups is 1. The number of thiocarbonyl (C=S) groups is 1. The highest BCUT2D eigenvalue weighted by atomic mass is 35.5. The van der Waals surface area contributed by atoms with Crippen LogP contribution in [-0.2, 0) is 4.79 Å². The molecule has 0 radical (unpaired) electrons. The second kappa shape index (κ2) is 7.89. The maximum absolute atomic E-state index is 12.6. The molecular formula is C16H10Cl2N6O3S. The molecule has 0 bridgehead atoms. The highest BCUT2D eigenvalue weighted by Gasteiger charge is 2.34. The van der Waals surface area contributed by atoms with Crippen LogP contribution in [0, 0.1) is 10.1 Å². The number of hydrazone groups is 2. The molecule has 0 atom stereocenters. The van der Waals surface area contributed by atoms with Crippen molar-refractivity contribution < 1.29 is 9.72 Å². The fourth-order valence-electron chi connectivity index (χ4n) is 2.27. The molecule has 9 nitrogen and oxygen atoms in total. The Morgan fingerprint density at radius 1 is 1.21 bits per heavy atom. The third-order valence-electron chi connectivity index (χ3n) is 3.60. The van der Waals surface area contributed by atoms with Gasteiger partial charge in [0.05, 0.1) is 20.7 Å². The fourth-order valence-corrected chi connectivity index (χ4v) is 2.69. The number of amides is 1. The number of carbonyl (C=O) groups excluding carboxylic acids is 1. The number of anilines is 1. The largest absolute Gasteiger partial charge is 0.374 e. The first-order chi connectivity index (χ1) is 13.3. The number of non-ortho nitro benzene ring substituents is 1. The van der Waals surface area contributed by atoms with E-state index in [0.29, 0.717) is 21.3 Å². The average molecular weight is 437 g/mol. The van der Waals surface area contributed by atoms with E-state index in [0.717, 1.165) is 5.01 Å². The van der Waals surface area contributed by atoms with Gasteiger partial charge < -0.3 is 5.73 Å². The Labute approximate surface area is 173 Å². The highest BCUT2D eigenvalue weighted by molar-refractivity contribution is 7.80. The zero-order chi connectivity index (χ0) is 20.4. The summed E-state index contributed by atoms with van der Waals surface area (Å²) in [6, 6.07) is 10.2. The summed E-state index contributed by atoms with van der Waals surface area (Å²) < 4.78 is 0. The van der Waals surface area contributed by atoms with E-state index < -0.39 is 10.8 Å². The van der Waals surface area contributed by atoms with Gasteiger partial charge in [0.15, 0.2) is 10.8 Å². The molecule has 0 aromatic heterocycles. The van der Waals surface area contributed by atoms with Crippen molar-refractivity contribution >= 4 is 69.2 Å². The van der Waals surface area contributed by atoms with Crippen LogP contribution in [0.5, 0.6) is 0 Å². The lowest BCUT2D eigenvalue weighted by atomic mass is 10.1. The first-order valence-corrected chi connectivity index (χ1v) is 8.71. The summed E-state index contributed by atoms with van der Waals surface area (Å²) in [7, 11) is 0. The van der Waals surface area contributed by atoms with Gasteiger partial charge in [-0.15, -0.1) is 0 Å². The summed E-state index contributed by atoms with van der Waals surface area (Å²) in [6.45, 7) is 0. The molecule has 1 aliphatic rings. The number of nitrogens with one attached hydrogen (secondary N) is 1. The van der Waals surface area contributed by atoms with Crippen molar-refractivity contribution in [3.05, 3.63) is 68.2 Å². The Balaban J connectivity index is 1.97. The number of hydrogen-bond donors (Lipinski definition) is 2. The van der Waals surface area contributed by atoms with Gasteiger partial charge in [0.25, 0.3) is 5.69 Å². The second-order valence-corrected chi connectivity index (χ2v) is 6.64. The number of nitrogens with two attached hydrogens (primary N) is 1. The molecule has 28 heavy (non-hydrogen) atoms. The van der Waals surface area contributed by atoms with Crippen molar-refractivity contribution in [3.63, 3.8) is 0 Å². The lowest BCUT2D eigenvalue weighted by Gasteiger charge is -2.07. The smallest absolute Gasteiger partial charge is 0.303 e. The van der Waals surface area contributed by atoms with Crippen LogP contribution >= 0.6 is 35.4 Å². The standard InChI is InChI=1S/C16H10Cl2N6O3S/c17-11-6-3-9(7-12(11)18)20-21-14-13(22-23(15(14)25)16(19)28)8-1-4-10(5-2-8)24(26)27/h1-7,20H,(H2,19,28)/b21-14+. The summed E-state index contributed by atoms with van der Waals surface area (Å²) in [5, 5.41) is 20.2. The molecule has 1 aliphatic heterocycles. The van der Waals surface area contributed by atoms with E-state index in [1.54, 1.807) is 12.1 Å². The Morgan fingerprint density at radius 2 is 1.89 bits per heavy atom. The molecule has 2 aromatic rings. The molecular weight excluding hydrogens is 427 g/mol. The van der Waals surface area contributed by atoms with Crippen LogP contribution in [0.3, 0.4) is 0 Å². The third-order valence-corrected chi connectivity index (χ3v) is 4.51. The first-order valence-electron chi connectivity index (χ1n) is 7.54. The lowest BCUT2D eigenvalue weighted by Crippen LogP contribution is -2.36. The molecule has 0 spiro atoms. The monoisotopic (exact) mass is 436 g/mol. The highest BCUT2D eigenvalue weighted by Crippen LogP contribution is 2.25. The van der Waals surface area contributed by atoms with E-state index in [4.69, 9.17) is 41.2 Å². The minimum Gasteiger partial charge on any atom is -0.374 e. The average Bonchev–Trinajstić information content (AvgIpc) is 2.99. The minimum atomic E-state index is -0.645. The molecule has 0 saturated carbocycles. The number of benzene rings is 2. The van der Waals surface area contributed by atoms with Crippen molar-refractivity contribution in [3.8, 4) is 0 Å². The van der Waals surface area contributed by atoms with Crippen molar-refractivity contribution in [2.75, 3.05) is 5.43 Å². The van der Waals surface area contributed by atoms with Crippen LogP contribution in [0.2, 0.25) is 10.0 Å². The van der Waals surface area contributed by atoms with E-state index in [2.05, 4.69) is 15.6 Å². The summed E-state index contributed by atoms with van der Waals surface area (Å²) in [4.78, 5) is 22.9. The summed E-state index contributed by atoms with van der Waals surface area (Å²) in [5.41, 5.74) is 9.10. The van der Waals surface area contributed by atoms with Crippen LogP contribution in [0.25, 0.3) is 0 Å². The molecule has 2 aromatic carbocycles. The first kappa shape index (κ1) is 19.7. The molecule has 3 rings (SSSR count). The Bertz CT molecular complexity index is 1050. The van der Waals surface area contributed by atoms with E-state index >= 15 is 0 Å². The number of hydrogen-bond acceptors (Lipinski definition) is 7. The summed E-state index contributed by atoms with van der Waals surface area (Å²) in [6.07, 6.45) is 0. The number of rotatable bonds is 4. The van der Waals surface area contributed by atoms with Gasteiger partial charge in [0.2, 0.25) is 0 Å². The van der Waals surface area contributed by atoms with Gasteiger partial charge in [0.1, 0.15) is 5.71 Å². The second-order valence-electron chi connectivity index (χ2n) is 5.41. The zero-order valence-corrected chi connectivity index (χ0v) is 16.1. The predicted molar refractivity (Wildman–Crippen MR) is 111 cm³/mol. The maximum Gasteiger partial charge on any atom is 0.303 e. The van der Waals surface area contributed by atoms with Crippen molar-refractivity contribution in [1.82, 2.24) is 5.01 Å². The van der Waals surface area contributed by atoms with E-state index in [9.17, 15) is 14.9 Å². The number of nitro benzene ring substituents is 1. The normalized spacial score (nSPS) is 14.9. The number of nitro groups is 1. The van der Waals surface area contributed by atoms with Gasteiger partial charge in [-0.25, -0.2) is 0 Å².